The molecule has 5 nitrogen and oxygen atoms in total. The lowest BCUT2D eigenvalue weighted by Crippen LogP contribution is -2.29. The highest BCUT2D eigenvalue weighted by Crippen LogP contribution is 2.02. The molecule has 1 atom stereocenters. The number of anilines is 1. The van der Waals surface area contributed by atoms with Crippen molar-refractivity contribution in [2.45, 2.75) is 18.9 Å². The van der Waals surface area contributed by atoms with Gasteiger partial charge in [-0.3, -0.25) is 4.68 Å². The lowest BCUT2D eigenvalue weighted by atomic mass is 10.2. The number of aryl methyl sites for hydroxylation is 1. The SMILES string of the molecule is COCCCC(N)CNc1ccn(C)n1. The van der Waals surface area contributed by atoms with Crippen LogP contribution in [0.5, 0.6) is 0 Å². The number of ether oxygens (including phenoxy) is 1. The molecule has 15 heavy (non-hydrogen) atoms. The van der Waals surface area contributed by atoms with Gasteiger partial charge in [0.15, 0.2) is 0 Å². The lowest BCUT2D eigenvalue weighted by Gasteiger charge is -2.11. The number of methoxy groups -OCH3 is 1. The van der Waals surface area contributed by atoms with Crippen molar-refractivity contribution in [2.75, 3.05) is 25.6 Å². The minimum atomic E-state index is 0.155. The largest absolute Gasteiger partial charge is 0.385 e. The third kappa shape index (κ3) is 4.80. The maximum atomic E-state index is 5.92. The highest BCUT2D eigenvalue weighted by Gasteiger charge is 2.03. The summed E-state index contributed by atoms with van der Waals surface area (Å²) in [5.41, 5.74) is 5.92. The molecule has 1 rings (SSSR count). The summed E-state index contributed by atoms with van der Waals surface area (Å²) in [5, 5.41) is 7.40. The number of nitrogens with zero attached hydrogens (tertiary/aromatic N) is 2. The van der Waals surface area contributed by atoms with Crippen molar-refractivity contribution in [2.24, 2.45) is 12.8 Å². The van der Waals surface area contributed by atoms with E-state index in [0.717, 1.165) is 31.8 Å². The summed E-state index contributed by atoms with van der Waals surface area (Å²) in [6, 6.07) is 2.09. The zero-order valence-electron chi connectivity index (χ0n) is 9.44. The summed E-state index contributed by atoms with van der Waals surface area (Å²) < 4.78 is 6.73. The Morgan fingerprint density at radius 2 is 2.47 bits per heavy atom. The number of nitrogens with one attached hydrogen (secondary N) is 1. The first-order chi connectivity index (χ1) is 7.22. The summed E-state index contributed by atoms with van der Waals surface area (Å²) in [5.74, 6) is 0.875. The van der Waals surface area contributed by atoms with Gasteiger partial charge >= 0.3 is 0 Å². The Morgan fingerprint density at radius 3 is 3.07 bits per heavy atom. The van der Waals surface area contributed by atoms with E-state index in [1.54, 1.807) is 11.8 Å². The predicted octanol–water partition coefficient (Wildman–Crippen LogP) is 0.586. The van der Waals surface area contributed by atoms with E-state index in [1.165, 1.54) is 0 Å². The highest BCUT2D eigenvalue weighted by atomic mass is 16.5. The Bertz CT molecular complexity index is 274. The monoisotopic (exact) mass is 212 g/mol. The van der Waals surface area contributed by atoms with Gasteiger partial charge in [0.1, 0.15) is 5.82 Å². The molecule has 0 aromatic carbocycles. The molecular weight excluding hydrogens is 192 g/mol. The van der Waals surface area contributed by atoms with E-state index in [9.17, 15) is 0 Å². The number of rotatable bonds is 7. The Balaban J connectivity index is 2.13. The van der Waals surface area contributed by atoms with Crippen LogP contribution in [0.15, 0.2) is 12.3 Å². The lowest BCUT2D eigenvalue weighted by molar-refractivity contribution is 0.191. The Kier molecular flexibility index (Phi) is 5.14. The summed E-state index contributed by atoms with van der Waals surface area (Å²) in [4.78, 5) is 0. The van der Waals surface area contributed by atoms with Crippen LogP contribution in [0.1, 0.15) is 12.8 Å². The quantitative estimate of drug-likeness (QED) is 0.649. The van der Waals surface area contributed by atoms with Crippen molar-refractivity contribution in [1.82, 2.24) is 9.78 Å². The minimum absolute atomic E-state index is 0.155. The summed E-state index contributed by atoms with van der Waals surface area (Å²) in [7, 11) is 3.60. The van der Waals surface area contributed by atoms with Gasteiger partial charge in [-0.1, -0.05) is 0 Å². The molecular formula is C10H20N4O. The molecule has 0 radical (unpaired) electrons. The van der Waals surface area contributed by atoms with Gasteiger partial charge in [0, 0.05) is 45.6 Å². The molecule has 0 amide bonds. The van der Waals surface area contributed by atoms with Gasteiger partial charge in [-0.15, -0.1) is 0 Å². The number of nitrogens with two attached hydrogens (primary N) is 1. The van der Waals surface area contributed by atoms with Gasteiger partial charge in [0.2, 0.25) is 0 Å². The van der Waals surface area contributed by atoms with Crippen molar-refractivity contribution in [3.05, 3.63) is 12.3 Å². The van der Waals surface area contributed by atoms with Gasteiger partial charge in [0.25, 0.3) is 0 Å². The fraction of sp³-hybridized carbons (Fsp3) is 0.700. The first-order valence-corrected chi connectivity index (χ1v) is 5.20. The third-order valence-electron chi connectivity index (χ3n) is 2.18. The normalized spacial score (nSPS) is 12.7. The summed E-state index contributed by atoms with van der Waals surface area (Å²) in [6.07, 6.45) is 3.87. The smallest absolute Gasteiger partial charge is 0.148 e. The predicted molar refractivity (Wildman–Crippen MR) is 60.8 cm³/mol. The van der Waals surface area contributed by atoms with Crippen molar-refractivity contribution < 1.29 is 4.74 Å². The van der Waals surface area contributed by atoms with E-state index in [1.807, 2.05) is 19.3 Å². The molecule has 0 spiro atoms. The van der Waals surface area contributed by atoms with Crippen molar-refractivity contribution in [1.29, 1.82) is 0 Å². The van der Waals surface area contributed by atoms with E-state index in [2.05, 4.69) is 10.4 Å². The molecule has 0 aliphatic rings. The molecule has 0 aliphatic carbocycles. The number of hydrogen-bond acceptors (Lipinski definition) is 4. The molecule has 0 fully saturated rings. The van der Waals surface area contributed by atoms with Crippen LogP contribution in [0, 0.1) is 0 Å². The molecule has 0 bridgehead atoms. The van der Waals surface area contributed by atoms with Gasteiger partial charge in [-0.05, 0) is 12.8 Å². The van der Waals surface area contributed by atoms with Crippen LogP contribution in [0.4, 0.5) is 5.82 Å². The first-order valence-electron chi connectivity index (χ1n) is 5.20. The van der Waals surface area contributed by atoms with Crippen LogP contribution in [-0.4, -0.2) is 36.1 Å². The topological polar surface area (TPSA) is 65.1 Å². The second-order valence-corrected chi connectivity index (χ2v) is 3.65. The molecule has 1 aromatic rings. The van der Waals surface area contributed by atoms with Gasteiger partial charge in [0.05, 0.1) is 0 Å². The average Bonchev–Trinajstić information content (AvgIpc) is 2.62. The third-order valence-corrected chi connectivity index (χ3v) is 2.18. The molecule has 1 unspecified atom stereocenters. The van der Waals surface area contributed by atoms with Crippen molar-refractivity contribution in [3.63, 3.8) is 0 Å². The Labute approximate surface area is 90.6 Å². The van der Waals surface area contributed by atoms with Crippen LogP contribution in [0.25, 0.3) is 0 Å². The fourth-order valence-electron chi connectivity index (χ4n) is 1.34. The highest BCUT2D eigenvalue weighted by molar-refractivity contribution is 5.32. The number of hydrogen-bond donors (Lipinski definition) is 2. The molecule has 5 heteroatoms. The first kappa shape index (κ1) is 12.0. The summed E-state index contributed by atoms with van der Waals surface area (Å²) >= 11 is 0. The second-order valence-electron chi connectivity index (χ2n) is 3.65. The van der Waals surface area contributed by atoms with E-state index in [-0.39, 0.29) is 6.04 Å². The van der Waals surface area contributed by atoms with Gasteiger partial charge in [-0.2, -0.15) is 5.10 Å². The van der Waals surface area contributed by atoms with Crippen molar-refractivity contribution in [3.8, 4) is 0 Å². The van der Waals surface area contributed by atoms with E-state index < -0.39 is 0 Å². The van der Waals surface area contributed by atoms with Crippen molar-refractivity contribution >= 4 is 5.82 Å². The molecule has 0 saturated heterocycles. The van der Waals surface area contributed by atoms with Gasteiger partial charge < -0.3 is 15.8 Å². The fourth-order valence-corrected chi connectivity index (χ4v) is 1.34. The molecule has 0 saturated carbocycles. The molecule has 86 valence electrons. The minimum Gasteiger partial charge on any atom is -0.385 e. The maximum Gasteiger partial charge on any atom is 0.148 e. The number of aromatic nitrogens is 2. The molecule has 0 aliphatic heterocycles. The van der Waals surface area contributed by atoms with E-state index >= 15 is 0 Å². The van der Waals surface area contributed by atoms with E-state index in [4.69, 9.17) is 10.5 Å². The zero-order valence-corrected chi connectivity index (χ0v) is 9.44. The molecule has 1 aromatic heterocycles. The van der Waals surface area contributed by atoms with E-state index in [0.29, 0.717) is 0 Å². The zero-order chi connectivity index (χ0) is 11.1. The van der Waals surface area contributed by atoms with Gasteiger partial charge in [-0.25, -0.2) is 0 Å². The molecule has 1 heterocycles. The van der Waals surface area contributed by atoms with Crippen LogP contribution < -0.4 is 11.1 Å². The summed E-state index contributed by atoms with van der Waals surface area (Å²) in [6.45, 7) is 1.53. The second kappa shape index (κ2) is 6.42. The average molecular weight is 212 g/mol. The maximum absolute atomic E-state index is 5.92. The molecule has 3 N–H and O–H groups in total. The Morgan fingerprint density at radius 1 is 1.67 bits per heavy atom. The van der Waals surface area contributed by atoms with Crippen LogP contribution in [0.2, 0.25) is 0 Å². The van der Waals surface area contributed by atoms with Crippen LogP contribution >= 0.6 is 0 Å². The van der Waals surface area contributed by atoms with Crippen LogP contribution in [-0.2, 0) is 11.8 Å². The standard InChI is InChI=1S/C10H20N4O/c1-14-6-5-10(13-14)12-8-9(11)4-3-7-15-2/h5-6,9H,3-4,7-8,11H2,1-2H3,(H,12,13). The van der Waals surface area contributed by atoms with Crippen LogP contribution in [0.3, 0.4) is 0 Å². The Hall–Kier alpha value is -1.07.